The quantitative estimate of drug-likeness (QED) is 0.384. The van der Waals surface area contributed by atoms with Crippen molar-refractivity contribution < 1.29 is 9.26 Å². The Morgan fingerprint density at radius 3 is 2.90 bits per heavy atom. The third kappa shape index (κ3) is 4.57. The van der Waals surface area contributed by atoms with Crippen LogP contribution in [0.4, 0.5) is 17.6 Å². The van der Waals surface area contributed by atoms with Gasteiger partial charge in [-0.1, -0.05) is 35.5 Å². The van der Waals surface area contributed by atoms with Gasteiger partial charge in [0.15, 0.2) is 5.76 Å². The van der Waals surface area contributed by atoms with Crippen LogP contribution < -0.4 is 15.4 Å². The van der Waals surface area contributed by atoms with Gasteiger partial charge < -0.3 is 19.9 Å². The van der Waals surface area contributed by atoms with Crippen molar-refractivity contribution in [2.45, 2.75) is 31.9 Å². The van der Waals surface area contributed by atoms with Crippen molar-refractivity contribution in [3.8, 4) is 5.88 Å². The number of benzene rings is 1. The van der Waals surface area contributed by atoms with Gasteiger partial charge >= 0.3 is 0 Å². The fourth-order valence-electron chi connectivity index (χ4n) is 2.97. The summed E-state index contributed by atoms with van der Waals surface area (Å²) in [6.45, 7) is 0.932. The number of nitrogens with one attached hydrogen (secondary N) is 3. The van der Waals surface area contributed by atoms with E-state index in [4.69, 9.17) is 9.26 Å². The summed E-state index contributed by atoms with van der Waals surface area (Å²) < 4.78 is 11.1. The van der Waals surface area contributed by atoms with E-state index in [9.17, 15) is 0 Å². The van der Waals surface area contributed by atoms with Crippen molar-refractivity contribution in [1.82, 2.24) is 25.3 Å². The van der Waals surface area contributed by atoms with Gasteiger partial charge in [0.1, 0.15) is 18.2 Å². The topological polar surface area (TPSA) is 114 Å². The molecule has 9 nitrogen and oxygen atoms in total. The standard InChI is InChI=1S/C21H21N7O2/c1-2-4-14(5-3-1)13-29-20-11-19(26-27-20)24-18-8-9-22-21(25-18)23-12-16-10-17(28-30-16)15-6-7-15/h1-5,8-11,15H,6-7,12-13H2,(H3,22,23,24,25,26,27). The highest BCUT2D eigenvalue weighted by molar-refractivity contribution is 5.53. The van der Waals surface area contributed by atoms with Gasteiger partial charge in [0.2, 0.25) is 11.8 Å². The summed E-state index contributed by atoms with van der Waals surface area (Å²) in [4.78, 5) is 8.70. The van der Waals surface area contributed by atoms with E-state index in [1.165, 1.54) is 12.8 Å². The van der Waals surface area contributed by atoms with Gasteiger partial charge in [0.05, 0.1) is 12.2 Å². The second-order valence-corrected chi connectivity index (χ2v) is 7.13. The summed E-state index contributed by atoms with van der Waals surface area (Å²) >= 11 is 0. The highest BCUT2D eigenvalue weighted by Crippen LogP contribution is 2.39. The predicted octanol–water partition coefficient (Wildman–Crippen LogP) is 4.00. The van der Waals surface area contributed by atoms with Gasteiger partial charge in [-0.05, 0) is 24.5 Å². The molecule has 0 radical (unpaired) electrons. The summed E-state index contributed by atoms with van der Waals surface area (Å²) in [5.74, 6) is 3.64. The van der Waals surface area contributed by atoms with Crippen molar-refractivity contribution in [2.75, 3.05) is 10.6 Å². The first kappa shape index (κ1) is 18.2. The lowest BCUT2D eigenvalue weighted by Gasteiger charge is -2.05. The lowest BCUT2D eigenvalue weighted by molar-refractivity contribution is 0.293. The summed E-state index contributed by atoms with van der Waals surface area (Å²) in [5, 5.41) is 17.5. The Morgan fingerprint density at radius 1 is 1.13 bits per heavy atom. The zero-order valence-electron chi connectivity index (χ0n) is 16.2. The molecule has 9 heteroatoms. The van der Waals surface area contributed by atoms with Crippen LogP contribution in [0.1, 0.15) is 35.8 Å². The Morgan fingerprint density at radius 2 is 2.03 bits per heavy atom. The number of ether oxygens (including phenoxy) is 1. The lowest BCUT2D eigenvalue weighted by Crippen LogP contribution is -2.04. The van der Waals surface area contributed by atoms with Gasteiger partial charge in [-0.3, -0.25) is 5.10 Å². The second-order valence-electron chi connectivity index (χ2n) is 7.13. The van der Waals surface area contributed by atoms with Crippen LogP contribution in [0.15, 0.2) is 59.3 Å². The van der Waals surface area contributed by atoms with E-state index in [1.54, 1.807) is 18.3 Å². The van der Waals surface area contributed by atoms with Gasteiger partial charge in [-0.25, -0.2) is 4.98 Å². The number of hydrogen-bond acceptors (Lipinski definition) is 8. The van der Waals surface area contributed by atoms with Crippen LogP contribution >= 0.6 is 0 Å². The number of nitrogens with zero attached hydrogens (tertiary/aromatic N) is 4. The Labute approximate surface area is 172 Å². The Balaban J connectivity index is 1.16. The minimum atomic E-state index is 0.455. The zero-order chi connectivity index (χ0) is 20.2. The fraction of sp³-hybridized carbons (Fsp3) is 0.238. The molecule has 4 aromatic rings. The molecule has 1 aliphatic carbocycles. The van der Waals surface area contributed by atoms with E-state index in [0.29, 0.717) is 42.5 Å². The Kier molecular flexibility index (Phi) is 4.99. The molecule has 0 saturated heterocycles. The molecule has 0 atom stereocenters. The molecule has 1 aromatic carbocycles. The molecule has 0 aliphatic heterocycles. The molecule has 0 unspecified atom stereocenters. The fourth-order valence-corrected chi connectivity index (χ4v) is 2.97. The highest BCUT2D eigenvalue weighted by atomic mass is 16.5. The zero-order valence-corrected chi connectivity index (χ0v) is 16.2. The van der Waals surface area contributed by atoms with Crippen molar-refractivity contribution in [3.63, 3.8) is 0 Å². The number of rotatable bonds is 9. The number of aromatic nitrogens is 5. The summed E-state index contributed by atoms with van der Waals surface area (Å²) in [5.41, 5.74) is 2.12. The number of hydrogen-bond donors (Lipinski definition) is 3. The van der Waals surface area contributed by atoms with E-state index in [2.05, 4.69) is 36.0 Å². The molecule has 0 bridgehead atoms. The first-order chi connectivity index (χ1) is 14.8. The molecule has 152 valence electrons. The lowest BCUT2D eigenvalue weighted by atomic mass is 10.2. The van der Waals surface area contributed by atoms with Crippen LogP contribution in [0.5, 0.6) is 5.88 Å². The third-order valence-electron chi connectivity index (χ3n) is 4.70. The van der Waals surface area contributed by atoms with Crippen molar-refractivity contribution in [1.29, 1.82) is 0 Å². The van der Waals surface area contributed by atoms with Gasteiger partial charge in [-0.15, -0.1) is 5.10 Å². The van der Waals surface area contributed by atoms with E-state index in [-0.39, 0.29) is 0 Å². The molecule has 1 saturated carbocycles. The van der Waals surface area contributed by atoms with E-state index < -0.39 is 0 Å². The van der Waals surface area contributed by atoms with E-state index in [1.807, 2.05) is 36.4 Å². The van der Waals surface area contributed by atoms with Gasteiger partial charge in [0.25, 0.3) is 0 Å². The average molecular weight is 403 g/mol. The molecule has 1 aliphatic rings. The minimum absolute atomic E-state index is 0.455. The smallest absolute Gasteiger partial charge is 0.235 e. The minimum Gasteiger partial charge on any atom is -0.472 e. The number of anilines is 3. The van der Waals surface area contributed by atoms with Gasteiger partial charge in [-0.2, -0.15) is 4.98 Å². The summed E-state index contributed by atoms with van der Waals surface area (Å²) in [7, 11) is 0. The molecular weight excluding hydrogens is 382 g/mol. The molecule has 30 heavy (non-hydrogen) atoms. The van der Waals surface area contributed by atoms with Crippen molar-refractivity contribution >= 4 is 17.6 Å². The molecular formula is C21H21N7O2. The second kappa shape index (κ2) is 8.24. The average Bonchev–Trinajstić information content (AvgIpc) is 3.35. The third-order valence-corrected chi connectivity index (χ3v) is 4.70. The molecule has 0 spiro atoms. The van der Waals surface area contributed by atoms with Crippen LogP contribution in [0, 0.1) is 0 Å². The molecule has 0 amide bonds. The highest BCUT2D eigenvalue weighted by Gasteiger charge is 2.27. The van der Waals surface area contributed by atoms with Crippen LogP contribution in [0.25, 0.3) is 0 Å². The van der Waals surface area contributed by atoms with E-state index in [0.717, 1.165) is 17.0 Å². The molecule has 3 aromatic heterocycles. The SMILES string of the molecule is c1ccc(COc2cc(Nc3ccnc(NCc4cc(C5CC5)no4)n3)[nH]n2)cc1. The first-order valence-corrected chi connectivity index (χ1v) is 9.83. The summed E-state index contributed by atoms with van der Waals surface area (Å²) in [6, 6.07) is 15.5. The van der Waals surface area contributed by atoms with Crippen LogP contribution in [-0.4, -0.2) is 25.3 Å². The van der Waals surface area contributed by atoms with E-state index >= 15 is 0 Å². The van der Waals surface area contributed by atoms with Crippen molar-refractivity contribution in [3.05, 3.63) is 71.7 Å². The molecule has 5 rings (SSSR count). The number of aromatic amines is 1. The predicted molar refractivity (Wildman–Crippen MR) is 110 cm³/mol. The van der Waals surface area contributed by atoms with Crippen molar-refractivity contribution in [2.24, 2.45) is 0 Å². The van der Waals surface area contributed by atoms with Gasteiger partial charge in [0, 0.05) is 24.2 Å². The monoisotopic (exact) mass is 403 g/mol. The van der Waals surface area contributed by atoms with Crippen LogP contribution in [0.2, 0.25) is 0 Å². The Bertz CT molecular complexity index is 1110. The Hall–Kier alpha value is -3.88. The summed E-state index contributed by atoms with van der Waals surface area (Å²) in [6.07, 6.45) is 4.07. The molecule has 3 heterocycles. The maximum atomic E-state index is 5.70. The maximum absolute atomic E-state index is 5.70. The maximum Gasteiger partial charge on any atom is 0.235 e. The number of H-pyrrole nitrogens is 1. The van der Waals surface area contributed by atoms with Crippen LogP contribution in [-0.2, 0) is 13.2 Å². The molecule has 1 fully saturated rings. The van der Waals surface area contributed by atoms with Crippen LogP contribution in [0.3, 0.4) is 0 Å². The molecule has 3 N–H and O–H groups in total. The largest absolute Gasteiger partial charge is 0.472 e. The first-order valence-electron chi connectivity index (χ1n) is 9.83. The normalized spacial score (nSPS) is 13.2.